The first-order chi connectivity index (χ1) is 5.74. The number of nitrogens with zero attached hydrogens (tertiary/aromatic N) is 2. The summed E-state index contributed by atoms with van der Waals surface area (Å²) in [5.41, 5.74) is 2.33. The zero-order valence-corrected chi connectivity index (χ0v) is 7.20. The highest BCUT2D eigenvalue weighted by molar-refractivity contribution is 5.82. The van der Waals surface area contributed by atoms with E-state index in [1.54, 1.807) is 6.07 Å². The molecule has 0 fully saturated rings. The zero-order chi connectivity index (χ0) is 8.97. The van der Waals surface area contributed by atoms with Crippen LogP contribution in [-0.2, 0) is 0 Å². The van der Waals surface area contributed by atoms with Crippen molar-refractivity contribution in [2.75, 3.05) is 0 Å². The molecule has 1 aromatic rings. The van der Waals surface area contributed by atoms with Gasteiger partial charge in [0.25, 0.3) is 0 Å². The summed E-state index contributed by atoms with van der Waals surface area (Å²) in [5, 5.41) is 8.71. The summed E-state index contributed by atoms with van der Waals surface area (Å²) < 4.78 is 0. The summed E-state index contributed by atoms with van der Waals surface area (Å²) in [6.07, 6.45) is 0. The third-order valence-corrected chi connectivity index (χ3v) is 1.37. The molecular weight excluding hydrogens is 148 g/mol. The smallest absolute Gasteiger partial charge is 0.101 e. The molecule has 12 heavy (non-hydrogen) atoms. The average molecular weight is 158 g/mol. The first-order valence-corrected chi connectivity index (χ1v) is 3.75. The Bertz CT molecular complexity index is 341. The molecule has 1 aromatic carbocycles. The van der Waals surface area contributed by atoms with Crippen LogP contribution in [0.25, 0.3) is 0 Å². The van der Waals surface area contributed by atoms with E-state index in [1.807, 2.05) is 32.0 Å². The van der Waals surface area contributed by atoms with Crippen molar-refractivity contribution in [2.24, 2.45) is 4.99 Å². The summed E-state index contributed by atoms with van der Waals surface area (Å²) >= 11 is 0. The number of benzene rings is 1. The lowest BCUT2D eigenvalue weighted by Gasteiger charge is -1.96. The molecule has 0 saturated heterocycles. The number of nitriles is 1. The van der Waals surface area contributed by atoms with E-state index in [-0.39, 0.29) is 0 Å². The van der Waals surface area contributed by atoms with Crippen LogP contribution in [0.3, 0.4) is 0 Å². The largest absolute Gasteiger partial charge is 0.257 e. The molecule has 0 atom stereocenters. The Morgan fingerprint density at radius 1 is 1.33 bits per heavy atom. The summed E-state index contributed by atoms with van der Waals surface area (Å²) in [7, 11) is 0. The number of rotatable bonds is 1. The Kier molecular flexibility index (Phi) is 2.60. The van der Waals surface area contributed by atoms with Gasteiger partial charge in [0.05, 0.1) is 11.3 Å². The van der Waals surface area contributed by atoms with Gasteiger partial charge in [0.15, 0.2) is 0 Å². The van der Waals surface area contributed by atoms with E-state index in [9.17, 15) is 0 Å². The third kappa shape index (κ3) is 1.93. The SMILES string of the molecule is CC(C)=Nc1ccccc1C#N. The minimum atomic E-state index is 0.624. The van der Waals surface area contributed by atoms with E-state index in [2.05, 4.69) is 11.1 Å². The Morgan fingerprint density at radius 2 is 2.00 bits per heavy atom. The molecule has 60 valence electrons. The lowest BCUT2D eigenvalue weighted by atomic mass is 10.2. The van der Waals surface area contributed by atoms with Gasteiger partial charge in [-0.1, -0.05) is 12.1 Å². The lowest BCUT2D eigenvalue weighted by Crippen LogP contribution is -1.81. The molecule has 0 aromatic heterocycles. The maximum atomic E-state index is 8.71. The van der Waals surface area contributed by atoms with E-state index >= 15 is 0 Å². The molecule has 1 rings (SSSR count). The van der Waals surface area contributed by atoms with Crippen LogP contribution in [0.2, 0.25) is 0 Å². The van der Waals surface area contributed by atoms with Gasteiger partial charge < -0.3 is 0 Å². The van der Waals surface area contributed by atoms with Crippen LogP contribution < -0.4 is 0 Å². The molecule has 0 N–H and O–H groups in total. The molecule has 2 nitrogen and oxygen atoms in total. The Balaban J connectivity index is 3.17. The molecule has 0 amide bonds. The van der Waals surface area contributed by atoms with E-state index in [4.69, 9.17) is 5.26 Å². The second-order valence-corrected chi connectivity index (χ2v) is 2.69. The Morgan fingerprint density at radius 3 is 2.58 bits per heavy atom. The zero-order valence-electron chi connectivity index (χ0n) is 7.20. The fourth-order valence-electron chi connectivity index (χ4n) is 0.907. The Hall–Kier alpha value is -1.62. The van der Waals surface area contributed by atoms with E-state index < -0.39 is 0 Å². The second kappa shape index (κ2) is 3.68. The van der Waals surface area contributed by atoms with Gasteiger partial charge in [0.2, 0.25) is 0 Å². The van der Waals surface area contributed by atoms with Crippen LogP contribution in [-0.4, -0.2) is 5.71 Å². The minimum absolute atomic E-state index is 0.624. The predicted molar refractivity (Wildman–Crippen MR) is 49.6 cm³/mol. The molecule has 0 saturated carbocycles. The summed E-state index contributed by atoms with van der Waals surface area (Å²) in [4.78, 5) is 4.22. The van der Waals surface area contributed by atoms with Crippen molar-refractivity contribution in [3.05, 3.63) is 29.8 Å². The topological polar surface area (TPSA) is 36.1 Å². The van der Waals surface area contributed by atoms with Crippen molar-refractivity contribution < 1.29 is 0 Å². The van der Waals surface area contributed by atoms with Gasteiger partial charge in [-0.15, -0.1) is 0 Å². The first kappa shape index (κ1) is 8.48. The monoisotopic (exact) mass is 158 g/mol. The van der Waals surface area contributed by atoms with Gasteiger partial charge in [-0.3, -0.25) is 4.99 Å². The van der Waals surface area contributed by atoms with Crippen LogP contribution in [0, 0.1) is 11.3 Å². The summed E-state index contributed by atoms with van der Waals surface area (Å²) in [5.74, 6) is 0. The van der Waals surface area contributed by atoms with Gasteiger partial charge in [-0.2, -0.15) is 5.26 Å². The molecule has 0 aliphatic rings. The first-order valence-electron chi connectivity index (χ1n) is 3.75. The summed E-state index contributed by atoms with van der Waals surface area (Å²) in [6, 6.07) is 9.41. The van der Waals surface area contributed by atoms with Crippen LogP contribution in [0.4, 0.5) is 5.69 Å². The molecule has 0 unspecified atom stereocenters. The van der Waals surface area contributed by atoms with Crippen molar-refractivity contribution >= 4 is 11.4 Å². The normalized spacial score (nSPS) is 8.75. The van der Waals surface area contributed by atoms with Crippen molar-refractivity contribution in [2.45, 2.75) is 13.8 Å². The van der Waals surface area contributed by atoms with E-state index in [0.717, 1.165) is 11.4 Å². The number of para-hydroxylation sites is 1. The number of hydrogen-bond donors (Lipinski definition) is 0. The van der Waals surface area contributed by atoms with Gasteiger partial charge in [0, 0.05) is 5.71 Å². The van der Waals surface area contributed by atoms with Crippen molar-refractivity contribution in [3.63, 3.8) is 0 Å². The summed E-state index contributed by atoms with van der Waals surface area (Å²) in [6.45, 7) is 3.82. The maximum absolute atomic E-state index is 8.71. The standard InChI is InChI=1S/C10H10N2/c1-8(2)12-10-6-4-3-5-9(10)7-11/h3-6H,1-2H3. The molecule has 0 aliphatic heterocycles. The van der Waals surface area contributed by atoms with Crippen LogP contribution in [0.1, 0.15) is 19.4 Å². The molecule has 0 heterocycles. The molecule has 2 heteroatoms. The lowest BCUT2D eigenvalue weighted by molar-refractivity contribution is 1.42. The highest BCUT2D eigenvalue weighted by atomic mass is 14.7. The molecule has 0 radical (unpaired) electrons. The van der Waals surface area contributed by atoms with Gasteiger partial charge in [0.1, 0.15) is 6.07 Å². The van der Waals surface area contributed by atoms with E-state index in [0.29, 0.717) is 5.56 Å². The highest BCUT2D eigenvalue weighted by Gasteiger charge is 1.96. The van der Waals surface area contributed by atoms with Crippen LogP contribution in [0.15, 0.2) is 29.3 Å². The molecule has 0 aliphatic carbocycles. The third-order valence-electron chi connectivity index (χ3n) is 1.37. The van der Waals surface area contributed by atoms with Crippen molar-refractivity contribution in [1.82, 2.24) is 0 Å². The Labute approximate surface area is 72.2 Å². The van der Waals surface area contributed by atoms with Crippen LogP contribution in [0.5, 0.6) is 0 Å². The van der Waals surface area contributed by atoms with Gasteiger partial charge in [-0.05, 0) is 26.0 Å². The predicted octanol–water partition coefficient (Wildman–Crippen LogP) is 2.67. The highest BCUT2D eigenvalue weighted by Crippen LogP contribution is 2.17. The van der Waals surface area contributed by atoms with Crippen molar-refractivity contribution in [3.8, 4) is 6.07 Å². The molecular formula is C10H10N2. The van der Waals surface area contributed by atoms with E-state index in [1.165, 1.54) is 0 Å². The number of aliphatic imine (C=N–C) groups is 1. The maximum Gasteiger partial charge on any atom is 0.101 e. The molecule has 0 spiro atoms. The van der Waals surface area contributed by atoms with Gasteiger partial charge >= 0.3 is 0 Å². The second-order valence-electron chi connectivity index (χ2n) is 2.69. The fraction of sp³-hybridized carbons (Fsp3) is 0.200. The average Bonchev–Trinajstić information content (AvgIpc) is 2.04. The van der Waals surface area contributed by atoms with Crippen molar-refractivity contribution in [1.29, 1.82) is 5.26 Å². The minimum Gasteiger partial charge on any atom is -0.257 e. The molecule has 0 bridgehead atoms. The fourth-order valence-corrected chi connectivity index (χ4v) is 0.907. The number of hydrogen-bond acceptors (Lipinski definition) is 2. The quantitative estimate of drug-likeness (QED) is 0.579. The van der Waals surface area contributed by atoms with Gasteiger partial charge in [-0.25, -0.2) is 0 Å². The van der Waals surface area contributed by atoms with Crippen LogP contribution >= 0.6 is 0 Å².